The van der Waals surface area contributed by atoms with E-state index < -0.39 is 6.04 Å². The molecule has 0 aromatic heterocycles. The molecule has 1 aliphatic heterocycles. The molecule has 1 heterocycles. The van der Waals surface area contributed by atoms with Crippen molar-refractivity contribution >= 4 is 23.4 Å². The zero-order chi connectivity index (χ0) is 18.8. The minimum Gasteiger partial charge on any atom is -0.329 e. The first kappa shape index (κ1) is 20.3. The van der Waals surface area contributed by atoms with E-state index in [-0.39, 0.29) is 23.1 Å². The van der Waals surface area contributed by atoms with Gasteiger partial charge in [0.2, 0.25) is 11.8 Å². The van der Waals surface area contributed by atoms with Gasteiger partial charge in [-0.2, -0.15) is 0 Å². The monoisotopic (exact) mass is 368 g/mol. The van der Waals surface area contributed by atoms with Gasteiger partial charge in [-0.15, -0.1) is 11.6 Å². The van der Waals surface area contributed by atoms with Crippen molar-refractivity contribution in [2.45, 2.75) is 72.8 Å². The summed E-state index contributed by atoms with van der Waals surface area (Å²) < 4.78 is 0. The second-order valence-electron chi connectivity index (χ2n) is 9.27. The molecule has 1 aliphatic carbocycles. The Morgan fingerprint density at radius 1 is 1.36 bits per heavy atom. The van der Waals surface area contributed by atoms with E-state index in [9.17, 15) is 9.59 Å². The number of amides is 2. The normalized spacial score (nSPS) is 26.8. The van der Waals surface area contributed by atoms with Crippen molar-refractivity contribution in [3.8, 4) is 0 Å². The molecule has 0 spiro atoms. The third-order valence-electron chi connectivity index (χ3n) is 5.87. The van der Waals surface area contributed by atoms with Gasteiger partial charge in [-0.05, 0) is 48.9 Å². The molecule has 2 rings (SSSR count). The van der Waals surface area contributed by atoms with Crippen molar-refractivity contribution < 1.29 is 9.59 Å². The molecule has 0 aromatic carbocycles. The number of piperidine rings is 1. The Morgan fingerprint density at radius 3 is 2.56 bits per heavy atom. The van der Waals surface area contributed by atoms with Crippen LogP contribution in [-0.2, 0) is 9.59 Å². The molecule has 2 amide bonds. The van der Waals surface area contributed by atoms with Crippen molar-refractivity contribution in [2.24, 2.45) is 16.7 Å². The number of alkyl halides is 1. The molecule has 2 atom stereocenters. The van der Waals surface area contributed by atoms with E-state index in [0.29, 0.717) is 17.9 Å². The fourth-order valence-electron chi connectivity index (χ4n) is 4.20. The lowest BCUT2D eigenvalue weighted by Gasteiger charge is -2.45. The molecule has 0 radical (unpaired) electrons. The van der Waals surface area contributed by atoms with Crippen LogP contribution < -0.4 is 5.32 Å². The molecule has 2 aliphatic rings. The summed E-state index contributed by atoms with van der Waals surface area (Å²) >= 11 is 5.76. The van der Waals surface area contributed by atoms with E-state index in [1.165, 1.54) is 0 Å². The summed E-state index contributed by atoms with van der Waals surface area (Å²) in [6.45, 7) is 11.6. The van der Waals surface area contributed by atoms with Gasteiger partial charge in [0.15, 0.2) is 0 Å². The molecule has 0 saturated carbocycles. The standard InChI is InChI=1S/C20H33ClN2O2/c1-19(2,3)14-7-9-15(10-8-14)22-18(25)17-20(4,5)11-6-12-23(17)16(24)13-21/h9,14,17H,6-8,10-13H2,1-5H3,(H,22,25). The number of hydrogen-bond acceptors (Lipinski definition) is 2. The molecule has 1 fully saturated rings. The second-order valence-corrected chi connectivity index (χ2v) is 9.54. The average Bonchev–Trinajstić information content (AvgIpc) is 2.52. The van der Waals surface area contributed by atoms with Crippen molar-refractivity contribution in [1.29, 1.82) is 0 Å². The maximum atomic E-state index is 13.0. The summed E-state index contributed by atoms with van der Waals surface area (Å²) in [6, 6.07) is -0.450. The Morgan fingerprint density at radius 2 is 2.04 bits per heavy atom. The quantitative estimate of drug-likeness (QED) is 0.763. The van der Waals surface area contributed by atoms with Crippen LogP contribution in [0, 0.1) is 16.7 Å². The Labute approximate surface area is 157 Å². The highest BCUT2D eigenvalue weighted by atomic mass is 35.5. The summed E-state index contributed by atoms with van der Waals surface area (Å²) in [5, 5.41) is 3.11. The number of halogens is 1. The van der Waals surface area contributed by atoms with E-state index >= 15 is 0 Å². The Kier molecular flexibility index (Phi) is 6.24. The van der Waals surface area contributed by atoms with Crippen molar-refractivity contribution in [1.82, 2.24) is 10.2 Å². The molecule has 0 aromatic rings. The summed E-state index contributed by atoms with van der Waals surface area (Å²) in [7, 11) is 0. The van der Waals surface area contributed by atoms with Crippen LogP contribution in [-0.4, -0.2) is 35.2 Å². The number of nitrogens with one attached hydrogen (secondary N) is 1. The fraction of sp³-hybridized carbons (Fsp3) is 0.800. The van der Waals surface area contributed by atoms with E-state index in [2.05, 4.69) is 46.0 Å². The maximum Gasteiger partial charge on any atom is 0.247 e. The van der Waals surface area contributed by atoms with Crippen LogP contribution in [0.5, 0.6) is 0 Å². The number of allylic oxidation sites excluding steroid dienone is 2. The minimum atomic E-state index is -0.450. The molecular formula is C20H33ClN2O2. The summed E-state index contributed by atoms with van der Waals surface area (Å²) in [4.78, 5) is 26.9. The van der Waals surface area contributed by atoms with Gasteiger partial charge < -0.3 is 10.2 Å². The minimum absolute atomic E-state index is 0.0661. The predicted octanol–water partition coefficient (Wildman–Crippen LogP) is 4.09. The van der Waals surface area contributed by atoms with Gasteiger partial charge in [0.1, 0.15) is 11.9 Å². The highest BCUT2D eigenvalue weighted by Gasteiger charge is 2.44. The topological polar surface area (TPSA) is 49.4 Å². The van der Waals surface area contributed by atoms with E-state index in [1.807, 2.05) is 0 Å². The molecule has 1 N–H and O–H groups in total. The lowest BCUT2D eigenvalue weighted by atomic mass is 9.73. The van der Waals surface area contributed by atoms with Crippen LogP contribution in [0.15, 0.2) is 11.8 Å². The number of hydrogen-bond donors (Lipinski definition) is 1. The molecule has 5 heteroatoms. The number of rotatable bonds is 3. The number of carbonyl (C=O) groups is 2. The third kappa shape index (κ3) is 4.78. The Bertz CT molecular complexity index is 548. The van der Waals surface area contributed by atoms with Crippen LogP contribution >= 0.6 is 11.6 Å². The van der Waals surface area contributed by atoms with Gasteiger partial charge in [0.25, 0.3) is 0 Å². The van der Waals surface area contributed by atoms with Crippen LogP contribution in [0.4, 0.5) is 0 Å². The maximum absolute atomic E-state index is 13.0. The Balaban J connectivity index is 2.09. The molecule has 4 nitrogen and oxygen atoms in total. The SMILES string of the molecule is CC(C)(C)C1CC=C(NC(=O)C2N(C(=O)CCl)CCCC2(C)C)CC1. The van der Waals surface area contributed by atoms with Crippen LogP contribution in [0.25, 0.3) is 0 Å². The molecule has 2 unspecified atom stereocenters. The van der Waals surface area contributed by atoms with Gasteiger partial charge in [0.05, 0.1) is 0 Å². The summed E-state index contributed by atoms with van der Waals surface area (Å²) in [6.07, 6.45) is 6.99. The lowest BCUT2D eigenvalue weighted by Crippen LogP contribution is -2.59. The first-order valence-electron chi connectivity index (χ1n) is 9.41. The average molecular weight is 369 g/mol. The molecular weight excluding hydrogens is 336 g/mol. The molecule has 142 valence electrons. The van der Waals surface area contributed by atoms with Crippen molar-refractivity contribution in [2.75, 3.05) is 12.4 Å². The first-order valence-corrected chi connectivity index (χ1v) is 9.95. The molecule has 25 heavy (non-hydrogen) atoms. The Hall–Kier alpha value is -1.03. The molecule has 0 bridgehead atoms. The zero-order valence-electron chi connectivity index (χ0n) is 16.3. The lowest BCUT2D eigenvalue weighted by molar-refractivity contribution is -0.146. The predicted molar refractivity (Wildman–Crippen MR) is 102 cm³/mol. The second kappa shape index (κ2) is 7.69. The summed E-state index contributed by atoms with van der Waals surface area (Å²) in [5.41, 5.74) is 1.05. The fourth-order valence-corrected chi connectivity index (χ4v) is 4.35. The van der Waals surface area contributed by atoms with E-state index in [0.717, 1.165) is 37.8 Å². The first-order chi connectivity index (χ1) is 11.6. The van der Waals surface area contributed by atoms with Gasteiger partial charge in [-0.25, -0.2) is 0 Å². The smallest absolute Gasteiger partial charge is 0.247 e. The van der Waals surface area contributed by atoms with Crippen molar-refractivity contribution in [3.63, 3.8) is 0 Å². The van der Waals surface area contributed by atoms with Gasteiger partial charge in [-0.1, -0.05) is 40.7 Å². The van der Waals surface area contributed by atoms with Crippen molar-refractivity contribution in [3.05, 3.63) is 11.8 Å². The number of likely N-dealkylation sites (tertiary alicyclic amines) is 1. The van der Waals surface area contributed by atoms with E-state index in [4.69, 9.17) is 11.6 Å². The highest BCUT2D eigenvalue weighted by molar-refractivity contribution is 6.27. The zero-order valence-corrected chi connectivity index (χ0v) is 17.1. The van der Waals surface area contributed by atoms with Gasteiger partial charge in [-0.3, -0.25) is 9.59 Å². The van der Waals surface area contributed by atoms with Crippen LogP contribution in [0.3, 0.4) is 0 Å². The van der Waals surface area contributed by atoms with Gasteiger partial charge in [0, 0.05) is 12.2 Å². The van der Waals surface area contributed by atoms with Crippen LogP contribution in [0.2, 0.25) is 0 Å². The third-order valence-corrected chi connectivity index (χ3v) is 6.10. The van der Waals surface area contributed by atoms with E-state index in [1.54, 1.807) is 4.90 Å². The van der Waals surface area contributed by atoms with Gasteiger partial charge >= 0.3 is 0 Å². The molecule has 1 saturated heterocycles. The highest BCUT2D eigenvalue weighted by Crippen LogP contribution is 2.38. The largest absolute Gasteiger partial charge is 0.329 e. The van der Waals surface area contributed by atoms with Crippen LogP contribution in [0.1, 0.15) is 66.7 Å². The number of nitrogens with zero attached hydrogens (tertiary/aromatic N) is 1. The number of carbonyl (C=O) groups excluding carboxylic acids is 2. The summed E-state index contributed by atoms with van der Waals surface area (Å²) in [5.74, 6) is 0.354.